The maximum atomic E-state index is 12.9. The fourth-order valence-electron chi connectivity index (χ4n) is 3.72. The topological polar surface area (TPSA) is 86.9 Å². The van der Waals surface area contributed by atoms with Gasteiger partial charge in [0.05, 0.1) is 0 Å². The summed E-state index contributed by atoms with van der Waals surface area (Å²) in [6.45, 7) is 7.47. The molecule has 9 nitrogen and oxygen atoms in total. The SMILES string of the molecule is Cc1nnc2ccc(N3CCN(S(=O)(=O)N4CCCC(C)C4)CC3)nn12. The van der Waals surface area contributed by atoms with Crippen molar-refractivity contribution in [1.29, 1.82) is 0 Å². The molecule has 0 bridgehead atoms. The lowest BCUT2D eigenvalue weighted by atomic mass is 10.0. The molecular formula is C16H25N7O2S. The second kappa shape index (κ2) is 6.75. The average molecular weight is 379 g/mol. The minimum Gasteiger partial charge on any atom is -0.353 e. The van der Waals surface area contributed by atoms with Crippen LogP contribution in [0, 0.1) is 12.8 Å². The highest BCUT2D eigenvalue weighted by Crippen LogP contribution is 2.22. The minimum absolute atomic E-state index is 0.433. The second-order valence-corrected chi connectivity index (χ2v) is 9.14. The van der Waals surface area contributed by atoms with Crippen LogP contribution in [0.25, 0.3) is 5.65 Å². The molecule has 2 fully saturated rings. The lowest BCUT2D eigenvalue weighted by molar-refractivity contribution is 0.254. The van der Waals surface area contributed by atoms with Crippen molar-refractivity contribution >= 4 is 21.7 Å². The molecule has 1 atom stereocenters. The molecule has 4 heterocycles. The van der Waals surface area contributed by atoms with Crippen LogP contribution in [0.2, 0.25) is 0 Å². The number of aryl methyl sites for hydroxylation is 1. The van der Waals surface area contributed by atoms with E-state index in [1.165, 1.54) is 0 Å². The van der Waals surface area contributed by atoms with E-state index in [1.54, 1.807) is 13.1 Å². The van der Waals surface area contributed by atoms with E-state index in [0.717, 1.165) is 24.5 Å². The molecular weight excluding hydrogens is 354 g/mol. The zero-order valence-electron chi connectivity index (χ0n) is 15.2. The molecule has 2 aliphatic rings. The Hall–Kier alpha value is -1.78. The van der Waals surface area contributed by atoms with Crippen molar-refractivity contribution < 1.29 is 8.42 Å². The third kappa shape index (κ3) is 3.17. The molecule has 0 saturated carbocycles. The number of piperidine rings is 1. The van der Waals surface area contributed by atoms with Gasteiger partial charge in [-0.15, -0.1) is 15.3 Å². The first-order valence-corrected chi connectivity index (χ1v) is 10.5. The summed E-state index contributed by atoms with van der Waals surface area (Å²) in [5.74, 6) is 1.99. The summed E-state index contributed by atoms with van der Waals surface area (Å²) in [4.78, 5) is 2.11. The van der Waals surface area contributed by atoms with Gasteiger partial charge in [-0.3, -0.25) is 0 Å². The molecule has 2 aliphatic heterocycles. The number of hydrogen-bond donors (Lipinski definition) is 0. The standard InChI is InChI=1S/C16H25N7O2S/c1-13-4-3-7-22(12-13)26(24,25)21-10-8-20(9-11-21)16-6-5-15-18-17-14(2)23(15)19-16/h5-6,13H,3-4,7-12H2,1-2H3. The summed E-state index contributed by atoms with van der Waals surface area (Å²) in [6, 6.07) is 3.81. The molecule has 2 aromatic rings. The Kier molecular flexibility index (Phi) is 4.57. The van der Waals surface area contributed by atoms with Crippen LogP contribution in [-0.2, 0) is 10.2 Å². The van der Waals surface area contributed by atoms with E-state index in [1.807, 2.05) is 19.1 Å². The summed E-state index contributed by atoms with van der Waals surface area (Å²) < 4.78 is 30.8. The van der Waals surface area contributed by atoms with Gasteiger partial charge < -0.3 is 4.90 Å². The molecule has 0 radical (unpaired) electrons. The van der Waals surface area contributed by atoms with E-state index in [9.17, 15) is 8.42 Å². The number of anilines is 1. The van der Waals surface area contributed by atoms with Gasteiger partial charge in [0.1, 0.15) is 5.82 Å². The van der Waals surface area contributed by atoms with Crippen molar-refractivity contribution in [3.63, 3.8) is 0 Å². The van der Waals surface area contributed by atoms with Crippen LogP contribution in [0.4, 0.5) is 5.82 Å². The van der Waals surface area contributed by atoms with Crippen LogP contribution in [-0.4, -0.2) is 76.1 Å². The Morgan fingerprint density at radius 1 is 1.04 bits per heavy atom. The van der Waals surface area contributed by atoms with Crippen molar-refractivity contribution in [2.75, 3.05) is 44.2 Å². The fourth-order valence-corrected chi connectivity index (χ4v) is 5.48. The van der Waals surface area contributed by atoms with E-state index in [-0.39, 0.29) is 0 Å². The van der Waals surface area contributed by atoms with Gasteiger partial charge in [0.15, 0.2) is 11.5 Å². The number of aromatic nitrogens is 4. The molecule has 2 aromatic heterocycles. The maximum Gasteiger partial charge on any atom is 0.282 e. The molecule has 26 heavy (non-hydrogen) atoms. The van der Waals surface area contributed by atoms with Gasteiger partial charge in [0, 0.05) is 39.3 Å². The zero-order chi connectivity index (χ0) is 18.3. The first-order valence-electron chi connectivity index (χ1n) is 9.14. The van der Waals surface area contributed by atoms with Gasteiger partial charge >= 0.3 is 0 Å². The summed E-state index contributed by atoms with van der Waals surface area (Å²) in [5.41, 5.74) is 0.715. The summed E-state index contributed by atoms with van der Waals surface area (Å²) in [7, 11) is -3.36. The highest BCUT2D eigenvalue weighted by molar-refractivity contribution is 7.86. The maximum absolute atomic E-state index is 12.9. The molecule has 0 N–H and O–H groups in total. The predicted octanol–water partition coefficient (Wildman–Crippen LogP) is 0.531. The number of fused-ring (bicyclic) bond motifs is 1. The molecule has 10 heteroatoms. The summed E-state index contributed by atoms with van der Waals surface area (Å²) in [6.07, 6.45) is 2.05. The van der Waals surface area contributed by atoms with Gasteiger partial charge in [-0.05, 0) is 37.8 Å². The predicted molar refractivity (Wildman–Crippen MR) is 98.2 cm³/mol. The Morgan fingerprint density at radius 2 is 1.81 bits per heavy atom. The monoisotopic (exact) mass is 379 g/mol. The third-order valence-electron chi connectivity index (χ3n) is 5.24. The molecule has 0 aliphatic carbocycles. The van der Waals surface area contributed by atoms with Crippen LogP contribution >= 0.6 is 0 Å². The molecule has 1 unspecified atom stereocenters. The molecule has 0 spiro atoms. The average Bonchev–Trinajstić information content (AvgIpc) is 3.02. The molecule has 2 saturated heterocycles. The summed E-state index contributed by atoms with van der Waals surface area (Å²) >= 11 is 0. The third-order valence-corrected chi connectivity index (χ3v) is 7.24. The van der Waals surface area contributed by atoms with Crippen molar-refractivity contribution in [2.45, 2.75) is 26.7 Å². The van der Waals surface area contributed by atoms with Crippen molar-refractivity contribution in [2.24, 2.45) is 5.92 Å². The van der Waals surface area contributed by atoms with Gasteiger partial charge in [-0.2, -0.15) is 21.5 Å². The first kappa shape index (κ1) is 17.6. The van der Waals surface area contributed by atoms with Crippen molar-refractivity contribution in [1.82, 2.24) is 28.4 Å². The molecule has 4 rings (SSSR count). The van der Waals surface area contributed by atoms with Crippen LogP contribution in [0.1, 0.15) is 25.6 Å². The second-order valence-electron chi connectivity index (χ2n) is 7.21. The number of nitrogens with zero attached hydrogens (tertiary/aromatic N) is 7. The van der Waals surface area contributed by atoms with Crippen LogP contribution in [0.15, 0.2) is 12.1 Å². The Balaban J connectivity index is 1.45. The lowest BCUT2D eigenvalue weighted by Gasteiger charge is -2.39. The van der Waals surface area contributed by atoms with E-state index >= 15 is 0 Å². The van der Waals surface area contributed by atoms with Crippen LogP contribution in [0.3, 0.4) is 0 Å². The van der Waals surface area contributed by atoms with Crippen LogP contribution < -0.4 is 4.90 Å². The van der Waals surface area contributed by atoms with E-state index in [2.05, 4.69) is 27.1 Å². The van der Waals surface area contributed by atoms with E-state index in [4.69, 9.17) is 0 Å². The quantitative estimate of drug-likeness (QED) is 0.773. The van der Waals surface area contributed by atoms with Gasteiger partial charge in [-0.25, -0.2) is 0 Å². The lowest BCUT2D eigenvalue weighted by Crippen LogP contribution is -2.54. The number of rotatable bonds is 3. The first-order chi connectivity index (χ1) is 12.4. The number of piperazine rings is 1. The van der Waals surface area contributed by atoms with Crippen molar-refractivity contribution in [3.05, 3.63) is 18.0 Å². The highest BCUT2D eigenvalue weighted by Gasteiger charge is 2.34. The minimum atomic E-state index is -3.36. The van der Waals surface area contributed by atoms with E-state index in [0.29, 0.717) is 50.8 Å². The normalized spacial score (nSPS) is 23.6. The Bertz CT molecular complexity index is 889. The Labute approximate surface area is 153 Å². The fraction of sp³-hybridized carbons (Fsp3) is 0.688. The molecule has 0 aromatic carbocycles. The molecule has 0 amide bonds. The largest absolute Gasteiger partial charge is 0.353 e. The Morgan fingerprint density at radius 3 is 2.54 bits per heavy atom. The zero-order valence-corrected chi connectivity index (χ0v) is 16.1. The smallest absolute Gasteiger partial charge is 0.282 e. The van der Waals surface area contributed by atoms with Crippen molar-refractivity contribution in [3.8, 4) is 0 Å². The number of hydrogen-bond acceptors (Lipinski definition) is 6. The van der Waals surface area contributed by atoms with Gasteiger partial charge in [0.2, 0.25) is 0 Å². The van der Waals surface area contributed by atoms with Crippen LogP contribution in [0.5, 0.6) is 0 Å². The van der Waals surface area contributed by atoms with E-state index < -0.39 is 10.2 Å². The van der Waals surface area contributed by atoms with Gasteiger partial charge in [0.25, 0.3) is 10.2 Å². The van der Waals surface area contributed by atoms with Gasteiger partial charge in [-0.1, -0.05) is 6.92 Å². The highest BCUT2D eigenvalue weighted by atomic mass is 32.2. The summed E-state index contributed by atoms with van der Waals surface area (Å²) in [5, 5.41) is 12.7. The molecule has 142 valence electrons.